The zero-order valence-corrected chi connectivity index (χ0v) is 10.9. The molecule has 1 heterocycles. The lowest BCUT2D eigenvalue weighted by Crippen LogP contribution is -2.18. The van der Waals surface area contributed by atoms with Crippen LogP contribution in [0.5, 0.6) is 11.5 Å². The minimum absolute atomic E-state index is 0.237. The van der Waals surface area contributed by atoms with Crippen molar-refractivity contribution in [3.05, 3.63) is 46.4 Å². The number of aromatic nitrogens is 1. The largest absolute Gasteiger partial charge is 0.573 e. The number of alkyl halides is 6. The summed E-state index contributed by atoms with van der Waals surface area (Å²) in [4.78, 5) is 13.2. The molecule has 0 amide bonds. The second-order valence-corrected chi connectivity index (χ2v) is 4.35. The van der Waals surface area contributed by atoms with E-state index >= 15 is 0 Å². The van der Waals surface area contributed by atoms with Gasteiger partial charge in [0.1, 0.15) is 17.2 Å². The molecule has 0 radical (unpaired) electrons. The zero-order chi connectivity index (χ0) is 17.4. The Labute approximate surface area is 124 Å². The summed E-state index contributed by atoms with van der Waals surface area (Å²) in [6.07, 6.45) is -9.87. The molecule has 0 aliphatic carbocycles. The number of H-pyrrole nitrogens is 1. The molecule has 1 aromatic carbocycles. The Morgan fingerprint density at radius 2 is 1.70 bits per heavy atom. The van der Waals surface area contributed by atoms with Gasteiger partial charge in [-0.3, -0.25) is 4.79 Å². The summed E-state index contributed by atoms with van der Waals surface area (Å²) in [5.74, 6) is -1.71. The van der Waals surface area contributed by atoms with Gasteiger partial charge in [0.2, 0.25) is 0 Å². The highest BCUT2D eigenvalue weighted by molar-refractivity contribution is 5.70. The van der Waals surface area contributed by atoms with Gasteiger partial charge in [0.05, 0.1) is 5.56 Å². The summed E-state index contributed by atoms with van der Waals surface area (Å²) >= 11 is 0. The summed E-state index contributed by atoms with van der Waals surface area (Å²) in [6, 6.07) is 4.21. The molecule has 0 saturated heterocycles. The van der Waals surface area contributed by atoms with Crippen molar-refractivity contribution >= 4 is 0 Å². The predicted molar refractivity (Wildman–Crippen MR) is 65.8 cm³/mol. The first-order chi connectivity index (χ1) is 10.5. The van der Waals surface area contributed by atoms with Crippen LogP contribution in [0.3, 0.4) is 0 Å². The first-order valence-corrected chi connectivity index (χ1v) is 5.87. The molecule has 0 aliphatic heterocycles. The summed E-state index contributed by atoms with van der Waals surface area (Å²) < 4.78 is 77.6. The highest BCUT2D eigenvalue weighted by Gasteiger charge is 2.34. The van der Waals surface area contributed by atoms with Crippen LogP contribution in [0.1, 0.15) is 5.69 Å². The highest BCUT2D eigenvalue weighted by atomic mass is 19.4. The van der Waals surface area contributed by atoms with Crippen molar-refractivity contribution in [3.8, 4) is 22.6 Å². The molecule has 4 nitrogen and oxygen atoms in total. The van der Waals surface area contributed by atoms with Gasteiger partial charge in [0.25, 0.3) is 5.56 Å². The van der Waals surface area contributed by atoms with Gasteiger partial charge in [-0.2, -0.15) is 13.2 Å². The van der Waals surface area contributed by atoms with Gasteiger partial charge in [0.15, 0.2) is 0 Å². The summed E-state index contributed by atoms with van der Waals surface area (Å²) in [7, 11) is 0. The number of nitrogens with one attached hydrogen (secondary N) is 1. The third-order valence-corrected chi connectivity index (χ3v) is 2.67. The van der Waals surface area contributed by atoms with E-state index in [4.69, 9.17) is 0 Å². The monoisotopic (exact) mass is 339 g/mol. The molecule has 124 valence electrons. The van der Waals surface area contributed by atoms with E-state index in [1.54, 1.807) is 0 Å². The lowest BCUT2D eigenvalue weighted by Gasteiger charge is -2.12. The smallest absolute Gasteiger partial charge is 0.507 e. The molecule has 0 aliphatic rings. The number of halogens is 6. The number of hydrogen-bond acceptors (Lipinski definition) is 3. The normalized spacial score (nSPS) is 12.3. The molecule has 1 aromatic heterocycles. The zero-order valence-electron chi connectivity index (χ0n) is 10.9. The molecule has 10 heteroatoms. The number of aromatic amines is 1. The number of hydrogen-bond donors (Lipinski definition) is 2. The first-order valence-electron chi connectivity index (χ1n) is 5.87. The predicted octanol–water partition coefficient (Wildman–Crippen LogP) is 3.66. The number of pyridine rings is 1. The van der Waals surface area contributed by atoms with Crippen LogP contribution in [0.4, 0.5) is 26.3 Å². The average molecular weight is 339 g/mol. The molecule has 2 rings (SSSR count). The van der Waals surface area contributed by atoms with Crippen LogP contribution >= 0.6 is 0 Å². The van der Waals surface area contributed by atoms with Crippen molar-refractivity contribution in [3.63, 3.8) is 0 Å². The van der Waals surface area contributed by atoms with Gasteiger partial charge in [-0.1, -0.05) is 12.1 Å². The Kier molecular flexibility index (Phi) is 4.01. The first kappa shape index (κ1) is 16.7. The van der Waals surface area contributed by atoms with Gasteiger partial charge in [0, 0.05) is 6.07 Å². The summed E-state index contributed by atoms with van der Waals surface area (Å²) in [5, 5.41) is 9.63. The second kappa shape index (κ2) is 5.52. The van der Waals surface area contributed by atoms with Crippen molar-refractivity contribution in [2.75, 3.05) is 0 Å². The Bertz CT molecular complexity index is 779. The average Bonchev–Trinajstić information content (AvgIpc) is 2.35. The number of benzene rings is 1. The molecular weight excluding hydrogens is 332 g/mol. The van der Waals surface area contributed by atoms with E-state index in [-0.39, 0.29) is 11.6 Å². The molecule has 2 N–H and O–H groups in total. The van der Waals surface area contributed by atoms with E-state index in [0.29, 0.717) is 0 Å². The molecule has 2 aromatic rings. The second-order valence-electron chi connectivity index (χ2n) is 4.35. The topological polar surface area (TPSA) is 62.3 Å². The molecule has 0 saturated carbocycles. The number of rotatable bonds is 2. The van der Waals surface area contributed by atoms with Gasteiger partial charge in [-0.05, 0) is 17.7 Å². The van der Waals surface area contributed by atoms with Crippen LogP contribution in [-0.2, 0) is 6.18 Å². The standard InChI is InChI=1S/C13H7F6NO3/c14-12(15,16)9-5-8(21)10(11(22)20-9)6-2-1-3-7(4-6)23-13(17,18)19/h1-5H,(H2,20,21,22). The maximum atomic E-state index is 12.5. The lowest BCUT2D eigenvalue weighted by atomic mass is 10.1. The van der Waals surface area contributed by atoms with Gasteiger partial charge in [-0.15, -0.1) is 13.2 Å². The molecule has 23 heavy (non-hydrogen) atoms. The van der Waals surface area contributed by atoms with E-state index in [1.807, 2.05) is 0 Å². The molecule has 0 atom stereocenters. The van der Waals surface area contributed by atoms with E-state index in [2.05, 4.69) is 4.74 Å². The van der Waals surface area contributed by atoms with Crippen molar-refractivity contribution < 1.29 is 36.2 Å². The van der Waals surface area contributed by atoms with E-state index < -0.39 is 40.9 Å². The Balaban J connectivity index is 2.51. The number of aromatic hydroxyl groups is 1. The minimum Gasteiger partial charge on any atom is -0.507 e. The van der Waals surface area contributed by atoms with Gasteiger partial charge < -0.3 is 14.8 Å². The van der Waals surface area contributed by atoms with E-state index in [9.17, 15) is 36.2 Å². The summed E-state index contributed by atoms with van der Waals surface area (Å²) in [6.45, 7) is 0. The van der Waals surface area contributed by atoms with Gasteiger partial charge in [-0.25, -0.2) is 0 Å². The SMILES string of the molecule is O=c1[nH]c(C(F)(F)F)cc(O)c1-c1cccc(OC(F)(F)F)c1. The van der Waals surface area contributed by atoms with Crippen LogP contribution < -0.4 is 10.3 Å². The Morgan fingerprint density at radius 1 is 1.04 bits per heavy atom. The van der Waals surface area contributed by atoms with E-state index in [0.717, 1.165) is 24.3 Å². The van der Waals surface area contributed by atoms with Crippen molar-refractivity contribution in [1.82, 2.24) is 4.98 Å². The fourth-order valence-electron chi connectivity index (χ4n) is 1.83. The van der Waals surface area contributed by atoms with Crippen LogP contribution in [0.15, 0.2) is 35.1 Å². The Hall–Kier alpha value is -2.65. The minimum atomic E-state index is -4.98. The fourth-order valence-corrected chi connectivity index (χ4v) is 1.83. The maximum Gasteiger partial charge on any atom is 0.573 e. The van der Waals surface area contributed by atoms with Crippen LogP contribution in [-0.4, -0.2) is 16.5 Å². The maximum absolute atomic E-state index is 12.5. The van der Waals surface area contributed by atoms with Crippen LogP contribution in [0.2, 0.25) is 0 Å². The van der Waals surface area contributed by atoms with Gasteiger partial charge >= 0.3 is 12.5 Å². The molecule has 0 bridgehead atoms. The number of ether oxygens (including phenoxy) is 1. The highest BCUT2D eigenvalue weighted by Crippen LogP contribution is 2.34. The molecule has 0 unspecified atom stereocenters. The molecule has 0 fully saturated rings. The van der Waals surface area contributed by atoms with Crippen molar-refractivity contribution in [1.29, 1.82) is 0 Å². The summed E-state index contributed by atoms with van der Waals surface area (Å²) in [5.41, 5.74) is -3.63. The third-order valence-electron chi connectivity index (χ3n) is 2.67. The van der Waals surface area contributed by atoms with Crippen molar-refractivity contribution in [2.45, 2.75) is 12.5 Å². The quantitative estimate of drug-likeness (QED) is 0.821. The van der Waals surface area contributed by atoms with Crippen LogP contribution in [0, 0.1) is 0 Å². The third kappa shape index (κ3) is 3.96. The van der Waals surface area contributed by atoms with Crippen LogP contribution in [0.25, 0.3) is 11.1 Å². The molecule has 0 spiro atoms. The van der Waals surface area contributed by atoms with E-state index in [1.165, 1.54) is 4.98 Å². The molecular formula is C13H7F6NO3. The van der Waals surface area contributed by atoms with Crippen molar-refractivity contribution in [2.24, 2.45) is 0 Å². The fraction of sp³-hybridized carbons (Fsp3) is 0.154. The Morgan fingerprint density at radius 3 is 2.22 bits per heavy atom. The lowest BCUT2D eigenvalue weighted by molar-refractivity contribution is -0.274.